The smallest absolute Gasteiger partial charge is 0.265 e. The van der Waals surface area contributed by atoms with E-state index >= 15 is 0 Å². The normalized spacial score (nSPS) is 11.2. The third-order valence-electron chi connectivity index (χ3n) is 6.42. The van der Waals surface area contributed by atoms with Crippen molar-refractivity contribution in [2.24, 2.45) is 0 Å². The Morgan fingerprint density at radius 1 is 0.949 bits per heavy atom. The monoisotopic (exact) mass is 521 g/mol. The van der Waals surface area contributed by atoms with E-state index in [1.54, 1.807) is 31.2 Å². The summed E-state index contributed by atoms with van der Waals surface area (Å²) in [6, 6.07) is 21.2. The summed E-state index contributed by atoms with van der Waals surface area (Å²) in [7, 11) is 0. The topological polar surface area (TPSA) is 107 Å². The van der Waals surface area contributed by atoms with E-state index in [0.717, 1.165) is 5.56 Å². The Bertz CT molecular complexity index is 1940. The summed E-state index contributed by atoms with van der Waals surface area (Å²) in [5.41, 5.74) is 1.18. The van der Waals surface area contributed by atoms with Gasteiger partial charge in [-0.3, -0.25) is 19.0 Å². The van der Waals surface area contributed by atoms with Crippen LogP contribution in [-0.2, 0) is 6.54 Å². The zero-order valence-electron chi connectivity index (χ0n) is 20.6. The van der Waals surface area contributed by atoms with Gasteiger partial charge >= 0.3 is 0 Å². The summed E-state index contributed by atoms with van der Waals surface area (Å²) in [4.78, 5) is 44.7. The highest BCUT2D eigenvalue weighted by atomic mass is 19.1. The Morgan fingerprint density at radius 2 is 1.67 bits per heavy atom. The Labute approximate surface area is 220 Å². The van der Waals surface area contributed by atoms with Crippen LogP contribution in [0.15, 0.2) is 98.8 Å². The molecule has 192 valence electrons. The maximum absolute atomic E-state index is 13.7. The summed E-state index contributed by atoms with van der Waals surface area (Å²) in [6.45, 7) is 1.83. The number of furan rings is 2. The first kappa shape index (κ1) is 24.1. The zero-order chi connectivity index (χ0) is 27.1. The minimum Gasteiger partial charge on any atom is -0.450 e. The van der Waals surface area contributed by atoms with Crippen LogP contribution in [0.25, 0.3) is 22.1 Å². The average Bonchev–Trinajstić information content (AvgIpc) is 3.48. The second-order valence-electron chi connectivity index (χ2n) is 8.97. The van der Waals surface area contributed by atoms with Gasteiger partial charge in [-0.15, -0.1) is 0 Å². The number of halogens is 1. The van der Waals surface area contributed by atoms with E-state index in [2.05, 4.69) is 10.3 Å². The first-order chi connectivity index (χ1) is 18.9. The number of nitrogens with one attached hydrogen (secondary N) is 1. The zero-order valence-corrected chi connectivity index (χ0v) is 20.6. The average molecular weight is 522 g/mol. The number of ketones is 1. The largest absolute Gasteiger partial charge is 0.450 e. The minimum absolute atomic E-state index is 0.00961. The molecule has 0 bridgehead atoms. The minimum atomic E-state index is -0.665. The number of carbonyl (C=O) groups excluding carboxylic acids is 2. The molecule has 0 spiro atoms. The fraction of sp³-hybridized carbons (Fsp3) is 0.0667. The van der Waals surface area contributed by atoms with Crippen molar-refractivity contribution in [3.63, 3.8) is 0 Å². The molecular weight excluding hydrogens is 501 g/mol. The summed E-state index contributed by atoms with van der Waals surface area (Å²) >= 11 is 0. The van der Waals surface area contributed by atoms with Gasteiger partial charge in [0.2, 0.25) is 11.5 Å². The van der Waals surface area contributed by atoms with Crippen molar-refractivity contribution in [2.75, 3.05) is 5.32 Å². The van der Waals surface area contributed by atoms with Gasteiger partial charge in [0.1, 0.15) is 28.9 Å². The molecule has 1 amide bonds. The van der Waals surface area contributed by atoms with Crippen molar-refractivity contribution >= 4 is 39.4 Å². The summed E-state index contributed by atoms with van der Waals surface area (Å²) in [6.07, 6.45) is 1.38. The van der Waals surface area contributed by atoms with Crippen LogP contribution in [0.1, 0.15) is 37.8 Å². The number of aromatic nitrogens is 2. The number of benzene rings is 3. The van der Waals surface area contributed by atoms with Gasteiger partial charge < -0.3 is 14.2 Å². The van der Waals surface area contributed by atoms with Gasteiger partial charge in [-0.05, 0) is 48.9 Å². The van der Waals surface area contributed by atoms with Crippen LogP contribution in [0.2, 0.25) is 0 Å². The number of fused-ring (bicyclic) bond motifs is 2. The van der Waals surface area contributed by atoms with Crippen molar-refractivity contribution in [3.05, 3.63) is 130 Å². The molecule has 3 aromatic heterocycles. The lowest BCUT2D eigenvalue weighted by Crippen LogP contribution is -2.23. The number of anilines is 1. The maximum Gasteiger partial charge on any atom is 0.265 e. The molecule has 3 aromatic carbocycles. The molecule has 39 heavy (non-hydrogen) atoms. The van der Waals surface area contributed by atoms with Crippen molar-refractivity contribution in [1.82, 2.24) is 9.55 Å². The van der Waals surface area contributed by atoms with E-state index in [9.17, 15) is 18.8 Å². The van der Waals surface area contributed by atoms with Gasteiger partial charge in [0.05, 0.1) is 17.8 Å². The fourth-order valence-electron chi connectivity index (χ4n) is 4.54. The Kier molecular flexibility index (Phi) is 5.88. The number of amides is 1. The molecule has 0 aliphatic heterocycles. The first-order valence-corrected chi connectivity index (χ1v) is 12.1. The van der Waals surface area contributed by atoms with Gasteiger partial charge in [-0.2, -0.15) is 0 Å². The van der Waals surface area contributed by atoms with Gasteiger partial charge in [-0.1, -0.05) is 42.5 Å². The molecule has 8 nitrogen and oxygen atoms in total. The molecule has 1 N–H and O–H groups in total. The number of rotatable bonds is 6. The highest BCUT2D eigenvalue weighted by molar-refractivity contribution is 6.20. The molecule has 6 rings (SSSR count). The summed E-state index contributed by atoms with van der Waals surface area (Å²) in [5, 5.41) is 3.28. The Balaban J connectivity index is 1.43. The molecule has 0 atom stereocenters. The molecule has 0 unspecified atom stereocenters. The van der Waals surface area contributed by atoms with Crippen molar-refractivity contribution in [2.45, 2.75) is 13.5 Å². The van der Waals surface area contributed by atoms with Gasteiger partial charge in [0.25, 0.3) is 11.5 Å². The van der Waals surface area contributed by atoms with E-state index in [1.807, 2.05) is 30.3 Å². The quantitative estimate of drug-likeness (QED) is 0.281. The lowest BCUT2D eigenvalue weighted by molar-refractivity contribution is 0.101. The molecule has 0 aliphatic rings. The number of para-hydroxylation sites is 1. The molecule has 0 radical (unpaired) electrons. The standard InChI is InChI=1S/C30H20FN3O5/c1-17-23(24-29(38-17)32-16-34(30(24)37)15-18-7-3-2-4-8-18)28(36)33-25-21-9-5-6-10-22(21)39-27(25)26(35)19-11-13-20(31)14-12-19/h2-14,16H,15H2,1H3,(H,33,36). The second-order valence-corrected chi connectivity index (χ2v) is 8.97. The molecule has 0 fully saturated rings. The van der Waals surface area contributed by atoms with Crippen molar-refractivity contribution < 1.29 is 22.8 Å². The first-order valence-electron chi connectivity index (χ1n) is 12.1. The molecule has 6 aromatic rings. The van der Waals surface area contributed by atoms with Gasteiger partial charge in [0, 0.05) is 10.9 Å². The predicted molar refractivity (Wildman–Crippen MR) is 143 cm³/mol. The van der Waals surface area contributed by atoms with E-state index in [0.29, 0.717) is 11.0 Å². The third-order valence-corrected chi connectivity index (χ3v) is 6.42. The van der Waals surface area contributed by atoms with Gasteiger partial charge in [0.15, 0.2) is 5.76 Å². The molecule has 0 saturated carbocycles. The van der Waals surface area contributed by atoms with Crippen LogP contribution in [-0.4, -0.2) is 21.2 Å². The van der Waals surface area contributed by atoms with Crippen LogP contribution in [0.4, 0.5) is 10.1 Å². The van der Waals surface area contributed by atoms with E-state index in [4.69, 9.17) is 8.83 Å². The Hall–Kier alpha value is -5.31. The highest BCUT2D eigenvalue weighted by Crippen LogP contribution is 2.34. The van der Waals surface area contributed by atoms with Crippen molar-refractivity contribution in [1.29, 1.82) is 0 Å². The lowest BCUT2D eigenvalue weighted by atomic mass is 10.1. The van der Waals surface area contributed by atoms with Crippen LogP contribution < -0.4 is 10.9 Å². The van der Waals surface area contributed by atoms with Crippen LogP contribution in [0, 0.1) is 12.7 Å². The van der Waals surface area contributed by atoms with E-state index < -0.39 is 23.1 Å². The second kappa shape index (κ2) is 9.53. The highest BCUT2D eigenvalue weighted by Gasteiger charge is 2.28. The lowest BCUT2D eigenvalue weighted by Gasteiger charge is -2.07. The number of hydrogen-bond acceptors (Lipinski definition) is 6. The van der Waals surface area contributed by atoms with Crippen LogP contribution >= 0.6 is 0 Å². The van der Waals surface area contributed by atoms with E-state index in [-0.39, 0.29) is 46.0 Å². The number of aryl methyl sites for hydroxylation is 1. The van der Waals surface area contributed by atoms with Crippen LogP contribution in [0.5, 0.6) is 0 Å². The summed E-state index contributed by atoms with van der Waals surface area (Å²) in [5.74, 6) is -1.62. The fourth-order valence-corrected chi connectivity index (χ4v) is 4.54. The number of carbonyl (C=O) groups is 2. The van der Waals surface area contributed by atoms with Crippen LogP contribution in [0.3, 0.4) is 0 Å². The number of nitrogens with zero attached hydrogens (tertiary/aromatic N) is 2. The maximum atomic E-state index is 13.7. The molecular formula is C30H20FN3O5. The van der Waals surface area contributed by atoms with Gasteiger partial charge in [-0.25, -0.2) is 9.37 Å². The van der Waals surface area contributed by atoms with Crippen molar-refractivity contribution in [3.8, 4) is 0 Å². The number of hydrogen-bond donors (Lipinski definition) is 1. The summed E-state index contributed by atoms with van der Waals surface area (Å²) < 4.78 is 26.3. The molecule has 9 heteroatoms. The molecule has 0 saturated heterocycles. The molecule has 0 aliphatic carbocycles. The van der Waals surface area contributed by atoms with E-state index in [1.165, 1.54) is 35.2 Å². The Morgan fingerprint density at radius 3 is 2.44 bits per heavy atom. The SMILES string of the molecule is Cc1oc2ncn(Cc3ccccc3)c(=O)c2c1C(=O)Nc1c(C(=O)c2ccc(F)cc2)oc2ccccc12. The third kappa shape index (κ3) is 4.29. The molecule has 3 heterocycles. The predicted octanol–water partition coefficient (Wildman–Crippen LogP) is 5.71.